The second-order valence-corrected chi connectivity index (χ2v) is 10.1. The number of halogens is 1. The highest BCUT2D eigenvalue weighted by molar-refractivity contribution is 5.95. The number of cyclic esters (lactones) is 1. The van der Waals surface area contributed by atoms with E-state index in [1.807, 2.05) is 38.1 Å². The quantitative estimate of drug-likeness (QED) is 0.446. The summed E-state index contributed by atoms with van der Waals surface area (Å²) >= 11 is 0. The Morgan fingerprint density at radius 1 is 1.08 bits per heavy atom. The predicted octanol–water partition coefficient (Wildman–Crippen LogP) is 6.25. The number of esters is 2. The highest BCUT2D eigenvalue weighted by Gasteiger charge is 2.47. The molecule has 1 fully saturated rings. The number of benzene rings is 2. The zero-order chi connectivity index (χ0) is 26.7. The van der Waals surface area contributed by atoms with Crippen molar-refractivity contribution in [3.63, 3.8) is 0 Å². The summed E-state index contributed by atoms with van der Waals surface area (Å²) in [6.07, 6.45) is 2.00. The van der Waals surface area contributed by atoms with Gasteiger partial charge in [0.1, 0.15) is 18.0 Å². The van der Waals surface area contributed by atoms with E-state index < -0.39 is 48.0 Å². The van der Waals surface area contributed by atoms with E-state index in [2.05, 4.69) is 0 Å². The minimum Gasteiger partial charge on any atom is -0.459 e. The lowest BCUT2D eigenvalue weighted by molar-refractivity contribution is -0.154. The first kappa shape index (κ1) is 26.8. The Morgan fingerprint density at radius 2 is 1.81 bits per heavy atom. The van der Waals surface area contributed by atoms with E-state index in [9.17, 15) is 9.59 Å². The number of ether oxygens (including phenoxy) is 4. The van der Waals surface area contributed by atoms with Crippen molar-refractivity contribution >= 4 is 18.0 Å². The molecule has 0 aromatic heterocycles. The molecule has 0 amide bonds. The normalized spacial score (nSPS) is 28.1. The number of rotatable bonds is 2. The molecule has 7 heteroatoms. The summed E-state index contributed by atoms with van der Waals surface area (Å²) < 4.78 is 39.2. The Morgan fingerprint density at radius 3 is 2.54 bits per heavy atom. The molecule has 0 saturated carbocycles. The van der Waals surface area contributed by atoms with Crippen molar-refractivity contribution in [3.8, 4) is 0 Å². The van der Waals surface area contributed by atoms with Crippen LogP contribution in [0.5, 0.6) is 0 Å². The fourth-order valence-electron chi connectivity index (χ4n) is 4.76. The minimum atomic E-state index is -1.34. The van der Waals surface area contributed by atoms with Crippen LogP contribution in [0.4, 0.5) is 4.39 Å². The van der Waals surface area contributed by atoms with Crippen LogP contribution in [0.1, 0.15) is 71.0 Å². The molecule has 4 rings (SSSR count). The number of fused-ring (bicyclic) bond motifs is 2. The largest absolute Gasteiger partial charge is 0.459 e. The Bertz CT molecular complexity index is 1220. The van der Waals surface area contributed by atoms with Gasteiger partial charge < -0.3 is 18.9 Å². The van der Waals surface area contributed by atoms with Crippen molar-refractivity contribution in [1.82, 2.24) is 0 Å². The summed E-state index contributed by atoms with van der Waals surface area (Å²) in [6.45, 7) is 9.01. The van der Waals surface area contributed by atoms with Gasteiger partial charge in [-0.05, 0) is 70.4 Å². The summed E-state index contributed by atoms with van der Waals surface area (Å²) in [4.78, 5) is 25.9. The monoisotopic (exact) mass is 508 g/mol. The van der Waals surface area contributed by atoms with Gasteiger partial charge in [0.05, 0.1) is 17.2 Å². The molecule has 0 radical (unpaired) electrons. The van der Waals surface area contributed by atoms with Gasteiger partial charge in [0, 0.05) is 6.42 Å². The molecular formula is C30H33FO6. The van der Waals surface area contributed by atoms with Crippen LogP contribution in [0.3, 0.4) is 0 Å². The van der Waals surface area contributed by atoms with E-state index in [0.717, 1.165) is 16.7 Å². The van der Waals surface area contributed by atoms with Crippen LogP contribution in [0.2, 0.25) is 0 Å². The summed E-state index contributed by atoms with van der Waals surface area (Å²) in [5.41, 5.74) is 3.33. The van der Waals surface area contributed by atoms with Crippen molar-refractivity contribution in [2.75, 3.05) is 0 Å². The minimum absolute atomic E-state index is 0.0919. The lowest BCUT2D eigenvalue weighted by atomic mass is 9.97. The molecule has 0 N–H and O–H groups in total. The smallest absolute Gasteiger partial charge is 0.339 e. The van der Waals surface area contributed by atoms with Crippen LogP contribution in [-0.4, -0.2) is 42.1 Å². The number of carbonyl (C=O) groups is 2. The maximum Gasteiger partial charge on any atom is 0.339 e. The predicted molar refractivity (Wildman–Crippen MR) is 138 cm³/mol. The van der Waals surface area contributed by atoms with Gasteiger partial charge in [-0.1, -0.05) is 48.0 Å². The number of hydrogen-bond acceptors (Lipinski definition) is 6. The van der Waals surface area contributed by atoms with Crippen LogP contribution in [0.15, 0.2) is 60.4 Å². The van der Waals surface area contributed by atoms with Crippen molar-refractivity contribution in [2.24, 2.45) is 0 Å². The third-order valence-corrected chi connectivity index (χ3v) is 6.37. The highest BCUT2D eigenvalue weighted by Crippen LogP contribution is 2.36. The zero-order valence-corrected chi connectivity index (χ0v) is 21.8. The molecule has 2 aliphatic heterocycles. The first-order valence-corrected chi connectivity index (χ1v) is 12.5. The maximum absolute atomic E-state index is 15.7. The van der Waals surface area contributed by atoms with Gasteiger partial charge in [0.15, 0.2) is 11.9 Å². The molecule has 37 heavy (non-hydrogen) atoms. The Balaban J connectivity index is 1.73. The molecule has 1 saturated heterocycles. The van der Waals surface area contributed by atoms with Gasteiger partial charge >= 0.3 is 11.9 Å². The average Bonchev–Trinajstić information content (AvgIpc) is 3.14. The van der Waals surface area contributed by atoms with Crippen molar-refractivity contribution < 1.29 is 32.9 Å². The molecule has 6 nitrogen and oxygen atoms in total. The fraction of sp³-hybridized carbons (Fsp3) is 0.400. The number of carbonyl (C=O) groups excluding carboxylic acids is 2. The van der Waals surface area contributed by atoms with Crippen molar-refractivity contribution in [1.29, 1.82) is 0 Å². The Labute approximate surface area is 217 Å². The lowest BCUT2D eigenvalue weighted by Gasteiger charge is -2.26. The maximum atomic E-state index is 15.7. The third kappa shape index (κ3) is 6.35. The van der Waals surface area contributed by atoms with Crippen LogP contribution >= 0.6 is 0 Å². The highest BCUT2D eigenvalue weighted by atomic mass is 19.1. The van der Waals surface area contributed by atoms with Crippen LogP contribution < -0.4 is 0 Å². The molecule has 0 aliphatic carbocycles. The Kier molecular flexibility index (Phi) is 7.95. The molecule has 196 valence electrons. The first-order valence-electron chi connectivity index (χ1n) is 12.5. The molecule has 2 heterocycles. The first-order chi connectivity index (χ1) is 17.5. The SMILES string of the molecule is Cc1cc(C)c2c(c1)/C=C/C[C@@H]1OC(C)(C)O[C@@H]1C(OC(=O)c1ccccc1)/C(F)=C\C[C@H](C)OC2=O. The molecule has 4 atom stereocenters. The van der Waals surface area contributed by atoms with Gasteiger partial charge in [0.2, 0.25) is 0 Å². The third-order valence-electron chi connectivity index (χ3n) is 6.37. The van der Waals surface area contributed by atoms with Crippen LogP contribution in [-0.2, 0) is 18.9 Å². The molecule has 2 aromatic rings. The van der Waals surface area contributed by atoms with Crippen molar-refractivity contribution in [2.45, 2.75) is 77.7 Å². The molecule has 0 bridgehead atoms. The van der Waals surface area contributed by atoms with Crippen LogP contribution in [0.25, 0.3) is 6.08 Å². The van der Waals surface area contributed by atoms with E-state index in [1.165, 1.54) is 6.08 Å². The Hall–Kier alpha value is -3.29. The summed E-state index contributed by atoms with van der Waals surface area (Å²) in [5.74, 6) is -2.83. The lowest BCUT2D eigenvalue weighted by Crippen LogP contribution is -2.39. The van der Waals surface area contributed by atoms with Gasteiger partial charge in [0.25, 0.3) is 0 Å². The van der Waals surface area contributed by atoms with Gasteiger partial charge in [-0.3, -0.25) is 0 Å². The molecule has 2 aromatic carbocycles. The average molecular weight is 509 g/mol. The van der Waals surface area contributed by atoms with E-state index >= 15 is 4.39 Å². The standard InChI is InChI=1S/C30H33FO6/c1-18-16-19(2)25-22(17-18)12-9-13-24-27(37-30(4,5)36-24)26(23(31)15-14-20(3)34-29(25)33)35-28(32)21-10-7-6-8-11-21/h6-12,15-17,20,24,26-27H,13-14H2,1-5H3/b12-9+,23-15+/t20-,24-,26?,27-/m0/s1. The second kappa shape index (κ2) is 11.0. The zero-order valence-electron chi connectivity index (χ0n) is 21.8. The number of hydrogen-bond donors (Lipinski definition) is 0. The second-order valence-electron chi connectivity index (χ2n) is 10.1. The topological polar surface area (TPSA) is 71.1 Å². The molecule has 1 unspecified atom stereocenters. The van der Waals surface area contributed by atoms with E-state index in [4.69, 9.17) is 18.9 Å². The summed E-state index contributed by atoms with van der Waals surface area (Å²) in [7, 11) is 0. The fourth-order valence-corrected chi connectivity index (χ4v) is 4.76. The van der Waals surface area contributed by atoms with E-state index in [-0.39, 0.29) is 6.42 Å². The van der Waals surface area contributed by atoms with Gasteiger partial charge in [-0.2, -0.15) is 0 Å². The molecular weight excluding hydrogens is 475 g/mol. The molecule has 2 aliphatic rings. The van der Waals surface area contributed by atoms with Crippen LogP contribution in [0, 0.1) is 13.8 Å². The number of aryl methyl sites for hydroxylation is 2. The van der Waals surface area contributed by atoms with E-state index in [1.54, 1.807) is 51.1 Å². The van der Waals surface area contributed by atoms with Gasteiger partial charge in [-0.25, -0.2) is 14.0 Å². The van der Waals surface area contributed by atoms with Crippen molar-refractivity contribution in [3.05, 3.63) is 88.3 Å². The molecule has 0 spiro atoms. The van der Waals surface area contributed by atoms with E-state index in [0.29, 0.717) is 17.5 Å². The summed E-state index contributed by atoms with van der Waals surface area (Å²) in [6, 6.07) is 12.3. The summed E-state index contributed by atoms with van der Waals surface area (Å²) in [5, 5.41) is 0. The van der Waals surface area contributed by atoms with Gasteiger partial charge in [-0.15, -0.1) is 0 Å².